The van der Waals surface area contributed by atoms with Crippen molar-refractivity contribution in [2.24, 2.45) is 5.73 Å². The van der Waals surface area contributed by atoms with Gasteiger partial charge in [-0.15, -0.1) is 23.7 Å². The Bertz CT molecular complexity index is 291. The first-order valence-electron chi connectivity index (χ1n) is 3.97. The molecule has 0 spiro atoms. The summed E-state index contributed by atoms with van der Waals surface area (Å²) in [4.78, 5) is 12.0. The van der Waals surface area contributed by atoms with Gasteiger partial charge in [0, 0.05) is 6.54 Å². The molecule has 1 aromatic rings. The predicted octanol–water partition coefficient (Wildman–Crippen LogP) is 1.90. The second kappa shape index (κ2) is 7.06. The van der Waals surface area contributed by atoms with E-state index in [9.17, 15) is 4.79 Å². The van der Waals surface area contributed by atoms with E-state index >= 15 is 0 Å². The first kappa shape index (κ1) is 13.7. The smallest absolute Gasteiger partial charge is 0.261 e. The Hall–Kier alpha value is -0.290. The molecule has 0 saturated carbocycles. The summed E-state index contributed by atoms with van der Waals surface area (Å²) < 4.78 is 0.629. The van der Waals surface area contributed by atoms with Crippen molar-refractivity contribution < 1.29 is 4.79 Å². The molecule has 1 rings (SSSR count). The van der Waals surface area contributed by atoms with Crippen molar-refractivity contribution in [2.45, 2.75) is 6.42 Å². The van der Waals surface area contributed by atoms with Gasteiger partial charge in [0.2, 0.25) is 0 Å². The fourth-order valence-corrected chi connectivity index (χ4v) is 1.79. The van der Waals surface area contributed by atoms with Crippen molar-refractivity contribution in [3.63, 3.8) is 0 Å². The number of nitrogens with two attached hydrogens (primary N) is 1. The molecule has 0 aromatic carbocycles. The van der Waals surface area contributed by atoms with Crippen LogP contribution < -0.4 is 11.1 Å². The summed E-state index contributed by atoms with van der Waals surface area (Å²) in [6.45, 7) is 1.20. The van der Waals surface area contributed by atoms with Crippen molar-refractivity contribution in [1.29, 1.82) is 0 Å². The summed E-state index contributed by atoms with van der Waals surface area (Å²) in [5.74, 6) is -0.0784. The molecule has 1 amide bonds. The Labute approximate surface area is 98.0 Å². The zero-order chi connectivity index (χ0) is 9.68. The first-order chi connectivity index (χ1) is 6.24. The van der Waals surface area contributed by atoms with E-state index in [-0.39, 0.29) is 18.3 Å². The molecule has 0 saturated heterocycles. The third-order valence-corrected chi connectivity index (χ3v) is 2.69. The van der Waals surface area contributed by atoms with Crippen LogP contribution in [-0.2, 0) is 0 Å². The zero-order valence-corrected chi connectivity index (χ0v) is 9.85. The van der Waals surface area contributed by atoms with E-state index in [2.05, 4.69) is 5.32 Å². The molecule has 0 aliphatic rings. The zero-order valence-electron chi connectivity index (χ0n) is 7.46. The van der Waals surface area contributed by atoms with Gasteiger partial charge in [-0.1, -0.05) is 11.6 Å². The summed E-state index contributed by atoms with van der Waals surface area (Å²) in [5.41, 5.74) is 5.29. The number of halogens is 2. The van der Waals surface area contributed by atoms with Gasteiger partial charge in [-0.3, -0.25) is 4.79 Å². The lowest BCUT2D eigenvalue weighted by atomic mass is 10.4. The van der Waals surface area contributed by atoms with Crippen LogP contribution in [0.3, 0.4) is 0 Å². The monoisotopic (exact) mass is 254 g/mol. The second-order valence-electron chi connectivity index (χ2n) is 2.50. The second-order valence-corrected chi connectivity index (χ2v) is 4.22. The highest BCUT2D eigenvalue weighted by Gasteiger charge is 2.06. The van der Waals surface area contributed by atoms with Gasteiger partial charge in [-0.25, -0.2) is 0 Å². The average molecular weight is 255 g/mol. The van der Waals surface area contributed by atoms with Crippen LogP contribution in [0, 0.1) is 0 Å². The number of hydrogen-bond acceptors (Lipinski definition) is 3. The van der Waals surface area contributed by atoms with E-state index in [1.54, 1.807) is 12.1 Å². The highest BCUT2D eigenvalue weighted by Crippen LogP contribution is 2.20. The van der Waals surface area contributed by atoms with Gasteiger partial charge in [0.25, 0.3) is 5.91 Å². The fraction of sp³-hybridized carbons (Fsp3) is 0.375. The molecule has 3 nitrogen and oxygen atoms in total. The van der Waals surface area contributed by atoms with Crippen LogP contribution in [0.5, 0.6) is 0 Å². The third kappa shape index (κ3) is 4.28. The van der Waals surface area contributed by atoms with Crippen molar-refractivity contribution >= 4 is 41.3 Å². The Morgan fingerprint density at radius 1 is 1.57 bits per heavy atom. The Morgan fingerprint density at radius 3 is 2.79 bits per heavy atom. The van der Waals surface area contributed by atoms with E-state index in [4.69, 9.17) is 17.3 Å². The van der Waals surface area contributed by atoms with Gasteiger partial charge in [-0.05, 0) is 25.1 Å². The number of carbonyl (C=O) groups is 1. The molecule has 0 unspecified atom stereocenters. The van der Waals surface area contributed by atoms with Gasteiger partial charge >= 0.3 is 0 Å². The third-order valence-electron chi connectivity index (χ3n) is 1.46. The summed E-state index contributed by atoms with van der Waals surface area (Å²) in [6, 6.07) is 3.43. The average Bonchev–Trinajstić information content (AvgIpc) is 2.52. The number of rotatable bonds is 4. The van der Waals surface area contributed by atoms with Crippen LogP contribution in [-0.4, -0.2) is 19.0 Å². The Kier molecular flexibility index (Phi) is 6.92. The number of amides is 1. The molecule has 0 fully saturated rings. The van der Waals surface area contributed by atoms with Gasteiger partial charge in [0.1, 0.15) is 0 Å². The number of thiophene rings is 1. The molecule has 3 N–H and O–H groups in total. The van der Waals surface area contributed by atoms with Gasteiger partial charge < -0.3 is 11.1 Å². The standard InChI is InChI=1S/C8H11ClN2OS.ClH/c9-7-3-2-6(13-7)8(12)11-5-1-4-10;/h2-3H,1,4-5,10H2,(H,11,12);1H. The molecule has 0 bridgehead atoms. The molecule has 0 radical (unpaired) electrons. The van der Waals surface area contributed by atoms with E-state index < -0.39 is 0 Å². The molecule has 14 heavy (non-hydrogen) atoms. The minimum atomic E-state index is -0.0784. The topological polar surface area (TPSA) is 55.1 Å². The van der Waals surface area contributed by atoms with Gasteiger partial charge in [0.15, 0.2) is 0 Å². The minimum absolute atomic E-state index is 0. The van der Waals surface area contributed by atoms with Crippen molar-refractivity contribution in [3.05, 3.63) is 21.3 Å². The van der Waals surface area contributed by atoms with Crippen LogP contribution >= 0.6 is 35.3 Å². The van der Waals surface area contributed by atoms with E-state index in [1.807, 2.05) is 0 Å². The maximum Gasteiger partial charge on any atom is 0.261 e. The summed E-state index contributed by atoms with van der Waals surface area (Å²) in [5, 5.41) is 2.75. The van der Waals surface area contributed by atoms with Crippen LogP contribution in [0.2, 0.25) is 4.34 Å². The normalized spacial score (nSPS) is 9.29. The lowest BCUT2D eigenvalue weighted by Gasteiger charge is -2.00. The molecule has 0 aliphatic heterocycles. The Morgan fingerprint density at radius 2 is 2.29 bits per heavy atom. The Balaban J connectivity index is 0.00000169. The van der Waals surface area contributed by atoms with Crippen molar-refractivity contribution in [3.8, 4) is 0 Å². The first-order valence-corrected chi connectivity index (χ1v) is 5.17. The number of carbonyl (C=O) groups excluding carboxylic acids is 1. The van der Waals surface area contributed by atoms with Crippen molar-refractivity contribution in [1.82, 2.24) is 5.32 Å². The minimum Gasteiger partial charge on any atom is -0.351 e. The van der Waals surface area contributed by atoms with E-state index in [0.29, 0.717) is 22.3 Å². The molecule has 1 heterocycles. The van der Waals surface area contributed by atoms with Crippen LogP contribution in [0.4, 0.5) is 0 Å². The fourth-order valence-electron chi connectivity index (χ4n) is 0.827. The number of hydrogen-bond donors (Lipinski definition) is 2. The molecule has 1 aromatic heterocycles. The predicted molar refractivity (Wildman–Crippen MR) is 62.6 cm³/mol. The molecule has 0 aliphatic carbocycles. The highest BCUT2D eigenvalue weighted by molar-refractivity contribution is 7.17. The van der Waals surface area contributed by atoms with Crippen LogP contribution in [0.15, 0.2) is 12.1 Å². The molecular formula is C8H12Cl2N2OS. The van der Waals surface area contributed by atoms with Crippen LogP contribution in [0.1, 0.15) is 16.1 Å². The largest absolute Gasteiger partial charge is 0.351 e. The van der Waals surface area contributed by atoms with Crippen LogP contribution in [0.25, 0.3) is 0 Å². The maximum absolute atomic E-state index is 11.3. The van der Waals surface area contributed by atoms with Gasteiger partial charge in [0.05, 0.1) is 9.21 Å². The molecule has 0 atom stereocenters. The van der Waals surface area contributed by atoms with Crippen molar-refractivity contribution in [2.75, 3.05) is 13.1 Å². The molecule has 80 valence electrons. The van der Waals surface area contributed by atoms with Gasteiger partial charge in [-0.2, -0.15) is 0 Å². The van der Waals surface area contributed by atoms with E-state index in [0.717, 1.165) is 6.42 Å². The SMILES string of the molecule is Cl.NCCCNC(=O)c1ccc(Cl)s1. The summed E-state index contributed by atoms with van der Waals surface area (Å²) >= 11 is 6.96. The highest BCUT2D eigenvalue weighted by atomic mass is 35.5. The molecular weight excluding hydrogens is 243 g/mol. The lowest BCUT2D eigenvalue weighted by molar-refractivity contribution is 0.0957. The molecule has 6 heteroatoms. The quantitative estimate of drug-likeness (QED) is 0.807. The lowest BCUT2D eigenvalue weighted by Crippen LogP contribution is -2.25. The maximum atomic E-state index is 11.3. The number of nitrogens with one attached hydrogen (secondary N) is 1. The summed E-state index contributed by atoms with van der Waals surface area (Å²) in [6.07, 6.45) is 0.796. The van der Waals surface area contributed by atoms with E-state index in [1.165, 1.54) is 11.3 Å². The summed E-state index contributed by atoms with van der Waals surface area (Å²) in [7, 11) is 0.